The second-order valence-electron chi connectivity index (χ2n) is 3.93. The summed E-state index contributed by atoms with van der Waals surface area (Å²) in [4.78, 5) is 23.2. The molecule has 1 aromatic carbocycles. The Morgan fingerprint density at radius 2 is 1.95 bits per heavy atom. The van der Waals surface area contributed by atoms with E-state index in [9.17, 15) is 9.59 Å². The van der Waals surface area contributed by atoms with E-state index in [-0.39, 0.29) is 13.0 Å². The number of ether oxygens (including phenoxy) is 2. The predicted molar refractivity (Wildman–Crippen MR) is 69.0 cm³/mol. The molecule has 2 N–H and O–H groups in total. The van der Waals surface area contributed by atoms with Gasteiger partial charge in [0.1, 0.15) is 0 Å². The number of hydrogen-bond acceptors (Lipinski definition) is 5. The minimum absolute atomic E-state index is 0.222. The maximum Gasteiger partial charge on any atom is 0.424 e. The zero-order chi connectivity index (χ0) is 14.3. The lowest BCUT2D eigenvalue weighted by molar-refractivity contribution is -0.153. The van der Waals surface area contributed by atoms with E-state index in [2.05, 4.69) is 0 Å². The lowest BCUT2D eigenvalue weighted by Crippen LogP contribution is -2.40. The van der Waals surface area contributed by atoms with E-state index >= 15 is 0 Å². The van der Waals surface area contributed by atoms with Gasteiger partial charge in [0.2, 0.25) is 6.10 Å². The maximum atomic E-state index is 11.7. The molecule has 1 amide bonds. The minimum Gasteiger partial charge on any atom is -0.463 e. The fraction of sp³-hybridized carbons (Fsp3) is 0.385. The Labute approximate surface area is 112 Å². The van der Waals surface area contributed by atoms with Crippen LogP contribution in [-0.4, -0.2) is 36.8 Å². The molecular weight excluding hydrogens is 248 g/mol. The summed E-state index contributed by atoms with van der Waals surface area (Å²) in [6.07, 6.45) is -1.53. The van der Waals surface area contributed by atoms with Gasteiger partial charge in [-0.2, -0.15) is 0 Å². The smallest absolute Gasteiger partial charge is 0.424 e. The number of nitrogens with two attached hydrogens (primary N) is 1. The first-order valence-electron chi connectivity index (χ1n) is 5.94. The van der Waals surface area contributed by atoms with Crippen LogP contribution in [-0.2, 0) is 20.7 Å². The van der Waals surface area contributed by atoms with Gasteiger partial charge in [0.05, 0.1) is 6.61 Å². The van der Waals surface area contributed by atoms with Crippen molar-refractivity contribution in [3.63, 3.8) is 0 Å². The van der Waals surface area contributed by atoms with Crippen LogP contribution in [0.4, 0.5) is 4.79 Å². The van der Waals surface area contributed by atoms with E-state index in [4.69, 9.17) is 15.3 Å². The van der Waals surface area contributed by atoms with Crippen molar-refractivity contribution in [1.29, 1.82) is 0 Å². The highest BCUT2D eigenvalue weighted by molar-refractivity contribution is 5.79. The maximum absolute atomic E-state index is 11.7. The van der Waals surface area contributed by atoms with Gasteiger partial charge in [-0.15, -0.1) is 0 Å². The molecule has 6 heteroatoms. The van der Waals surface area contributed by atoms with E-state index in [1.165, 1.54) is 7.05 Å². The van der Waals surface area contributed by atoms with Crippen molar-refractivity contribution < 1.29 is 19.1 Å². The molecule has 0 saturated carbocycles. The third kappa shape index (κ3) is 4.97. The molecule has 0 aliphatic carbocycles. The zero-order valence-corrected chi connectivity index (χ0v) is 11.0. The summed E-state index contributed by atoms with van der Waals surface area (Å²) in [7, 11) is 1.34. The second kappa shape index (κ2) is 7.38. The van der Waals surface area contributed by atoms with E-state index in [0.717, 1.165) is 10.6 Å². The Morgan fingerprint density at radius 3 is 2.47 bits per heavy atom. The van der Waals surface area contributed by atoms with Crippen molar-refractivity contribution in [3.8, 4) is 0 Å². The van der Waals surface area contributed by atoms with Crippen LogP contribution < -0.4 is 5.84 Å². The van der Waals surface area contributed by atoms with Crippen molar-refractivity contribution in [2.45, 2.75) is 19.4 Å². The molecule has 0 unspecified atom stereocenters. The van der Waals surface area contributed by atoms with Gasteiger partial charge < -0.3 is 9.47 Å². The Bertz CT molecular complexity index is 420. The quantitative estimate of drug-likeness (QED) is 0.373. The summed E-state index contributed by atoms with van der Waals surface area (Å²) in [5, 5.41) is 0.775. The van der Waals surface area contributed by atoms with Crippen molar-refractivity contribution in [2.75, 3.05) is 13.7 Å². The highest BCUT2D eigenvalue weighted by Crippen LogP contribution is 2.09. The number of rotatable bonds is 5. The van der Waals surface area contributed by atoms with E-state index in [0.29, 0.717) is 0 Å². The van der Waals surface area contributed by atoms with Gasteiger partial charge >= 0.3 is 12.1 Å². The molecule has 0 spiro atoms. The molecule has 1 atom stereocenters. The van der Waals surface area contributed by atoms with Gasteiger partial charge in [-0.1, -0.05) is 30.3 Å². The van der Waals surface area contributed by atoms with Crippen LogP contribution in [0.15, 0.2) is 30.3 Å². The summed E-state index contributed by atoms with van der Waals surface area (Å²) in [5.41, 5.74) is 0.869. The molecule has 6 nitrogen and oxygen atoms in total. The van der Waals surface area contributed by atoms with Crippen molar-refractivity contribution in [2.24, 2.45) is 5.84 Å². The van der Waals surface area contributed by atoms with Crippen LogP contribution in [0.2, 0.25) is 0 Å². The molecular formula is C13H18N2O4. The lowest BCUT2D eigenvalue weighted by Gasteiger charge is -2.18. The lowest BCUT2D eigenvalue weighted by atomic mass is 10.1. The van der Waals surface area contributed by atoms with E-state index in [1.54, 1.807) is 6.92 Å². The van der Waals surface area contributed by atoms with Gasteiger partial charge in [0.15, 0.2) is 0 Å². The average Bonchev–Trinajstić information content (AvgIpc) is 2.39. The molecule has 0 aliphatic rings. The first-order chi connectivity index (χ1) is 9.04. The predicted octanol–water partition coefficient (Wildman–Crippen LogP) is 1.10. The molecule has 1 aromatic rings. The number of carbonyl (C=O) groups is 2. The first-order valence-corrected chi connectivity index (χ1v) is 5.94. The number of hydrazine groups is 1. The number of nitrogens with zero attached hydrogens (tertiary/aromatic N) is 1. The molecule has 0 radical (unpaired) electrons. The molecule has 19 heavy (non-hydrogen) atoms. The van der Waals surface area contributed by atoms with E-state index in [1.807, 2.05) is 30.3 Å². The topological polar surface area (TPSA) is 81.9 Å². The molecule has 0 saturated heterocycles. The standard InChI is InChI=1S/C13H18N2O4/c1-3-18-12(16)11(19-13(17)15(2)14)9-10-7-5-4-6-8-10/h4-8,11H,3,9,14H2,1-2H3/t11-/m0/s1. The fourth-order valence-corrected chi connectivity index (χ4v) is 1.44. The van der Waals surface area contributed by atoms with Crippen LogP contribution in [0.3, 0.4) is 0 Å². The summed E-state index contributed by atoms with van der Waals surface area (Å²) >= 11 is 0. The van der Waals surface area contributed by atoms with Gasteiger partial charge in [0.25, 0.3) is 0 Å². The average molecular weight is 266 g/mol. The largest absolute Gasteiger partial charge is 0.463 e. The Balaban J connectivity index is 2.74. The SMILES string of the molecule is CCOC(=O)[C@H](Cc1ccccc1)OC(=O)N(C)N. The van der Waals surface area contributed by atoms with Crippen LogP contribution in [0.1, 0.15) is 12.5 Å². The van der Waals surface area contributed by atoms with Gasteiger partial charge in [-0.05, 0) is 12.5 Å². The number of hydrogen-bond donors (Lipinski definition) is 1. The van der Waals surface area contributed by atoms with Crippen molar-refractivity contribution >= 4 is 12.1 Å². The molecule has 104 valence electrons. The monoisotopic (exact) mass is 266 g/mol. The highest BCUT2D eigenvalue weighted by Gasteiger charge is 2.25. The minimum atomic E-state index is -0.999. The van der Waals surface area contributed by atoms with Crippen molar-refractivity contribution in [1.82, 2.24) is 5.01 Å². The Hall–Kier alpha value is -2.08. The summed E-state index contributed by atoms with van der Waals surface area (Å²) in [6, 6.07) is 9.23. The summed E-state index contributed by atoms with van der Waals surface area (Å²) in [5.74, 6) is 4.68. The third-order valence-electron chi connectivity index (χ3n) is 2.34. The molecule has 1 rings (SSSR count). The van der Waals surface area contributed by atoms with Gasteiger partial charge in [-0.25, -0.2) is 20.4 Å². The third-order valence-corrected chi connectivity index (χ3v) is 2.34. The van der Waals surface area contributed by atoms with Crippen LogP contribution in [0.25, 0.3) is 0 Å². The second-order valence-corrected chi connectivity index (χ2v) is 3.93. The van der Waals surface area contributed by atoms with Crippen LogP contribution in [0, 0.1) is 0 Å². The molecule has 0 aliphatic heterocycles. The van der Waals surface area contributed by atoms with Crippen LogP contribution in [0.5, 0.6) is 0 Å². The zero-order valence-electron chi connectivity index (χ0n) is 11.0. The number of esters is 1. The number of benzene rings is 1. The van der Waals surface area contributed by atoms with E-state index < -0.39 is 18.2 Å². The molecule has 0 aromatic heterocycles. The van der Waals surface area contributed by atoms with Crippen molar-refractivity contribution in [3.05, 3.63) is 35.9 Å². The molecule has 0 heterocycles. The molecule has 0 bridgehead atoms. The van der Waals surface area contributed by atoms with Gasteiger partial charge in [-0.3, -0.25) is 0 Å². The highest BCUT2D eigenvalue weighted by atomic mass is 16.6. The Kier molecular flexibility index (Phi) is 5.81. The fourth-order valence-electron chi connectivity index (χ4n) is 1.44. The normalized spacial score (nSPS) is 11.5. The molecule has 0 fully saturated rings. The van der Waals surface area contributed by atoms with Gasteiger partial charge in [0, 0.05) is 13.5 Å². The summed E-state index contributed by atoms with van der Waals surface area (Å²) in [6.45, 7) is 1.91. The van der Waals surface area contributed by atoms with Crippen LogP contribution >= 0.6 is 0 Å². The number of amides is 1. The number of carbonyl (C=O) groups excluding carboxylic acids is 2. The Morgan fingerprint density at radius 1 is 1.32 bits per heavy atom. The summed E-state index contributed by atoms with van der Waals surface area (Å²) < 4.78 is 9.90. The first kappa shape index (κ1) is 15.0.